The van der Waals surface area contributed by atoms with Gasteiger partial charge < -0.3 is 44.9 Å². The van der Waals surface area contributed by atoms with E-state index in [-0.39, 0.29) is 63.7 Å². The van der Waals surface area contributed by atoms with Gasteiger partial charge in [0.15, 0.2) is 6.29 Å². The summed E-state index contributed by atoms with van der Waals surface area (Å²) in [6.07, 6.45) is -4.86. The number of ether oxygens (including phenoxy) is 4. The van der Waals surface area contributed by atoms with Gasteiger partial charge in [0.25, 0.3) is 0 Å². The molecule has 2 rings (SSSR count). The van der Waals surface area contributed by atoms with Crippen LogP contribution in [0.2, 0.25) is 0 Å². The quantitative estimate of drug-likeness (QED) is 0.114. The lowest BCUT2D eigenvalue weighted by Crippen LogP contribution is -2.64. The standard InChI is InChI=1S/C20H30N2O11.CH4/c1-10-12(19(29)33-18(10)28)3-4-14(25)21-5-6-30-7-8-31-20-15(22-11(2)24)17(27)16(26)13(9-23)32-20;/h13,15-17,20,23,26-27H,3-9H2,1-2H3,(H,21,25)(H,22,24);1H4/t13-,15-,16+,17-,20-;/m1./s1. The maximum Gasteiger partial charge on any atom is 0.342 e. The van der Waals surface area contributed by atoms with E-state index in [1.165, 1.54) is 13.8 Å². The third-order valence-corrected chi connectivity index (χ3v) is 5.12. The minimum Gasteiger partial charge on any atom is -0.394 e. The number of carbonyl (C=O) groups is 4. The van der Waals surface area contributed by atoms with Crippen molar-refractivity contribution in [3.63, 3.8) is 0 Å². The van der Waals surface area contributed by atoms with E-state index in [4.69, 9.17) is 14.2 Å². The summed E-state index contributed by atoms with van der Waals surface area (Å²) < 4.78 is 20.7. The number of hydrogen-bond acceptors (Lipinski definition) is 11. The molecule has 0 aromatic carbocycles. The zero-order chi connectivity index (χ0) is 24.5. The summed E-state index contributed by atoms with van der Waals surface area (Å²) in [4.78, 5) is 46.0. The number of hydrogen-bond donors (Lipinski definition) is 5. The highest BCUT2D eigenvalue weighted by Gasteiger charge is 2.45. The summed E-state index contributed by atoms with van der Waals surface area (Å²) in [5.74, 6) is -2.19. The van der Waals surface area contributed by atoms with Crippen molar-refractivity contribution in [3.05, 3.63) is 11.1 Å². The van der Waals surface area contributed by atoms with Crippen molar-refractivity contribution in [3.8, 4) is 0 Å². The summed E-state index contributed by atoms with van der Waals surface area (Å²) in [6.45, 7) is 2.65. The molecule has 1 saturated heterocycles. The molecule has 0 aromatic rings. The second-order valence-corrected chi connectivity index (χ2v) is 7.55. The van der Waals surface area contributed by atoms with Gasteiger partial charge in [-0.15, -0.1) is 0 Å². The van der Waals surface area contributed by atoms with Crippen LogP contribution in [-0.2, 0) is 38.1 Å². The number of rotatable bonds is 12. The van der Waals surface area contributed by atoms with Crippen molar-refractivity contribution in [1.82, 2.24) is 10.6 Å². The highest BCUT2D eigenvalue weighted by molar-refractivity contribution is 6.12. The molecule has 0 spiro atoms. The Morgan fingerprint density at radius 2 is 1.79 bits per heavy atom. The summed E-state index contributed by atoms with van der Waals surface area (Å²) in [5.41, 5.74) is 0.415. The maximum atomic E-state index is 11.9. The fourth-order valence-electron chi connectivity index (χ4n) is 3.32. The number of aliphatic hydroxyl groups excluding tert-OH is 3. The molecule has 0 saturated carbocycles. The number of amides is 2. The average Bonchev–Trinajstić information content (AvgIpc) is 3.01. The van der Waals surface area contributed by atoms with Crippen LogP contribution in [-0.4, -0.2) is 103 Å². The van der Waals surface area contributed by atoms with Gasteiger partial charge in [0.1, 0.15) is 24.4 Å². The van der Waals surface area contributed by atoms with E-state index in [0.717, 1.165) is 0 Å². The summed E-state index contributed by atoms with van der Waals surface area (Å²) in [6, 6.07) is -1.04. The van der Waals surface area contributed by atoms with Gasteiger partial charge in [-0.1, -0.05) is 7.43 Å². The average molecular weight is 491 g/mol. The van der Waals surface area contributed by atoms with Crippen molar-refractivity contribution in [2.24, 2.45) is 0 Å². The Hall–Kier alpha value is -2.42. The molecule has 1 fully saturated rings. The first-order valence-corrected chi connectivity index (χ1v) is 10.5. The van der Waals surface area contributed by atoms with E-state index in [1.54, 1.807) is 0 Å². The van der Waals surface area contributed by atoms with E-state index in [9.17, 15) is 34.5 Å². The van der Waals surface area contributed by atoms with Gasteiger partial charge in [-0.2, -0.15) is 0 Å². The van der Waals surface area contributed by atoms with Gasteiger partial charge in [0.2, 0.25) is 11.8 Å². The van der Waals surface area contributed by atoms with Crippen molar-refractivity contribution < 1.29 is 53.4 Å². The predicted molar refractivity (Wildman–Crippen MR) is 115 cm³/mol. The molecule has 5 atom stereocenters. The van der Waals surface area contributed by atoms with E-state index in [2.05, 4.69) is 15.4 Å². The maximum absolute atomic E-state index is 11.9. The minimum absolute atomic E-state index is 0. The lowest BCUT2D eigenvalue weighted by atomic mass is 9.97. The molecule has 2 amide bonds. The highest BCUT2D eigenvalue weighted by atomic mass is 16.7. The summed E-state index contributed by atoms with van der Waals surface area (Å²) in [5, 5.41) is 34.5. The van der Waals surface area contributed by atoms with E-state index < -0.39 is 55.1 Å². The van der Waals surface area contributed by atoms with Crippen molar-refractivity contribution in [1.29, 1.82) is 0 Å². The van der Waals surface area contributed by atoms with Gasteiger partial charge >= 0.3 is 11.9 Å². The van der Waals surface area contributed by atoms with Crippen LogP contribution in [0.3, 0.4) is 0 Å². The van der Waals surface area contributed by atoms with Gasteiger partial charge in [-0.3, -0.25) is 9.59 Å². The first kappa shape index (κ1) is 29.6. The molecule has 2 heterocycles. The number of aliphatic hydroxyl groups is 3. The monoisotopic (exact) mass is 490 g/mol. The SMILES string of the molecule is C.CC(=O)N[C@H]1[C@H](OCCOCCNC(=O)CCC2=C(C)C(=O)OC2=O)O[C@H](CO)[C@H](O)[C@@H]1O. The molecule has 13 nitrogen and oxygen atoms in total. The second-order valence-electron chi connectivity index (χ2n) is 7.55. The zero-order valence-electron chi connectivity index (χ0n) is 18.4. The van der Waals surface area contributed by atoms with Crippen LogP contribution >= 0.6 is 0 Å². The Morgan fingerprint density at radius 3 is 2.38 bits per heavy atom. The molecule has 2 aliphatic heterocycles. The first-order chi connectivity index (χ1) is 15.6. The molecule has 34 heavy (non-hydrogen) atoms. The molecular weight excluding hydrogens is 456 g/mol. The Bertz CT molecular complexity index is 770. The Labute approximate surface area is 197 Å². The lowest BCUT2D eigenvalue weighted by molar-refractivity contribution is -0.272. The van der Waals surface area contributed by atoms with Crippen LogP contribution in [0.4, 0.5) is 0 Å². The molecule has 0 aromatic heterocycles. The number of esters is 2. The highest BCUT2D eigenvalue weighted by Crippen LogP contribution is 2.22. The molecule has 0 aliphatic carbocycles. The van der Waals surface area contributed by atoms with Crippen molar-refractivity contribution in [2.75, 3.05) is 33.0 Å². The third kappa shape index (κ3) is 8.11. The Kier molecular flexibility index (Phi) is 12.3. The zero-order valence-corrected chi connectivity index (χ0v) is 18.4. The van der Waals surface area contributed by atoms with Crippen LogP contribution in [0.15, 0.2) is 11.1 Å². The molecule has 0 radical (unpaired) electrons. The number of carbonyl (C=O) groups excluding carboxylic acids is 4. The van der Waals surface area contributed by atoms with E-state index in [0.29, 0.717) is 0 Å². The Balaban J connectivity index is 0.00000578. The fraction of sp³-hybridized carbons (Fsp3) is 0.714. The Morgan fingerprint density at radius 1 is 1.09 bits per heavy atom. The molecule has 13 heteroatoms. The summed E-state index contributed by atoms with van der Waals surface area (Å²) >= 11 is 0. The van der Waals surface area contributed by atoms with E-state index in [1.807, 2.05) is 0 Å². The largest absolute Gasteiger partial charge is 0.394 e. The number of nitrogens with one attached hydrogen (secondary N) is 2. The number of cyclic esters (lactones) is 2. The fourth-order valence-corrected chi connectivity index (χ4v) is 3.32. The lowest BCUT2D eigenvalue weighted by Gasteiger charge is -2.42. The molecular formula is C21H34N2O11. The molecule has 0 bridgehead atoms. The van der Waals surface area contributed by atoms with Crippen LogP contribution < -0.4 is 10.6 Å². The van der Waals surface area contributed by atoms with Crippen LogP contribution in [0.5, 0.6) is 0 Å². The molecule has 0 unspecified atom stereocenters. The van der Waals surface area contributed by atoms with E-state index >= 15 is 0 Å². The van der Waals surface area contributed by atoms with Gasteiger partial charge in [-0.05, 0) is 13.3 Å². The minimum atomic E-state index is -1.40. The van der Waals surface area contributed by atoms with Crippen LogP contribution in [0.1, 0.15) is 34.1 Å². The van der Waals surface area contributed by atoms with Gasteiger partial charge in [0.05, 0.1) is 26.4 Å². The predicted octanol–water partition coefficient (Wildman–Crippen LogP) is -2.10. The van der Waals surface area contributed by atoms with Crippen molar-refractivity contribution in [2.45, 2.75) is 64.8 Å². The smallest absolute Gasteiger partial charge is 0.342 e. The van der Waals surface area contributed by atoms with Crippen LogP contribution in [0, 0.1) is 0 Å². The molecule has 5 N–H and O–H groups in total. The van der Waals surface area contributed by atoms with Gasteiger partial charge in [-0.25, -0.2) is 9.59 Å². The second kappa shape index (κ2) is 14.1. The normalized spacial score (nSPS) is 26.7. The topological polar surface area (TPSA) is 190 Å². The summed E-state index contributed by atoms with van der Waals surface area (Å²) in [7, 11) is 0. The van der Waals surface area contributed by atoms with Crippen LogP contribution in [0.25, 0.3) is 0 Å². The van der Waals surface area contributed by atoms with Crippen molar-refractivity contribution >= 4 is 23.8 Å². The molecule has 2 aliphatic rings. The molecule has 194 valence electrons. The third-order valence-electron chi connectivity index (χ3n) is 5.12. The van der Waals surface area contributed by atoms with Gasteiger partial charge in [0, 0.05) is 31.0 Å². The first-order valence-electron chi connectivity index (χ1n) is 10.5.